The maximum atomic E-state index is 14.5. The number of thiazole rings is 1. The normalized spacial score (nSPS) is 29.0. The summed E-state index contributed by atoms with van der Waals surface area (Å²) in [5.74, 6) is -2.27. The van der Waals surface area contributed by atoms with Crippen LogP contribution in [0.1, 0.15) is 76.7 Å². The summed E-state index contributed by atoms with van der Waals surface area (Å²) < 4.78 is 50.0. The molecule has 0 bridgehead atoms. The lowest BCUT2D eigenvalue weighted by molar-refractivity contribution is -0.142. The molecule has 2 aliphatic carbocycles. The summed E-state index contributed by atoms with van der Waals surface area (Å²) in [6, 6.07) is 11.1. The van der Waals surface area contributed by atoms with Crippen LogP contribution in [0.2, 0.25) is 0 Å². The van der Waals surface area contributed by atoms with E-state index in [9.17, 15) is 27.2 Å². The number of ether oxygens (including phenoxy) is 1. The number of halogens is 2. The second kappa shape index (κ2) is 13.8. The first-order valence-electron chi connectivity index (χ1n) is 17.4. The number of hydrogen-bond donors (Lipinski definition) is 1. The number of sulfonamides is 1. The van der Waals surface area contributed by atoms with Crippen molar-refractivity contribution in [1.29, 1.82) is 0 Å². The smallest absolute Gasteiger partial charge is 0.274 e. The molecule has 50 heavy (non-hydrogen) atoms. The molecule has 1 N–H and O–H groups in total. The van der Waals surface area contributed by atoms with Crippen molar-refractivity contribution in [3.8, 4) is 5.19 Å². The topological polar surface area (TPSA) is 123 Å². The number of Topliss-reactive ketones (excluding diaryl/α,β-unsaturated/α-hetero) is 1. The predicted octanol–water partition coefficient (Wildman–Crippen LogP) is 6.89. The van der Waals surface area contributed by atoms with Crippen LogP contribution >= 0.6 is 27.3 Å². The Morgan fingerprint density at radius 1 is 1.16 bits per heavy atom. The fourth-order valence-corrected chi connectivity index (χ4v) is 10.2. The summed E-state index contributed by atoms with van der Waals surface area (Å²) in [5.41, 5.74) is 0.280. The third kappa shape index (κ3) is 7.27. The number of carbonyl (C=O) groups is 3. The summed E-state index contributed by atoms with van der Waals surface area (Å²) in [4.78, 5) is 49.0. The van der Waals surface area contributed by atoms with Crippen LogP contribution in [0.3, 0.4) is 0 Å². The SMILES string of the molecule is CC1(S(=O)(=O)NC(=O)[C@]23CC(=O)[C@@H]4C[C@@H](Oc5nc6ccc(Br)cc6s5)CN4C(=O)[C@@H](Cc4cccc(F)c4)CCCCC/C=C\[C@@H]2C3)CC1. The maximum Gasteiger partial charge on any atom is 0.274 e. The molecule has 0 radical (unpaired) electrons. The van der Waals surface area contributed by atoms with Gasteiger partial charge in [0.1, 0.15) is 11.9 Å². The van der Waals surface area contributed by atoms with Crippen LogP contribution in [0.5, 0.6) is 5.19 Å². The van der Waals surface area contributed by atoms with E-state index in [0.717, 1.165) is 40.4 Å². The van der Waals surface area contributed by atoms with Gasteiger partial charge in [0.25, 0.3) is 5.19 Å². The minimum Gasteiger partial charge on any atom is -0.465 e. The number of rotatable bonds is 7. The van der Waals surface area contributed by atoms with Crippen molar-refractivity contribution in [3.05, 3.63) is 70.5 Å². The van der Waals surface area contributed by atoms with Crippen LogP contribution in [0, 0.1) is 23.1 Å². The number of aromatic nitrogens is 1. The third-order valence-corrected chi connectivity index (χ3v) is 14.5. The van der Waals surface area contributed by atoms with Gasteiger partial charge >= 0.3 is 0 Å². The standard InChI is InChI=1S/C37H41BrFN3O6S2/c1-36(14-15-36)50(46,47)41-34(45)37-20-25(37)10-6-4-2-3-5-9-24(16-23-8-7-11-27(39)17-23)33(44)42-22-28(19-30(42)31(43)21-37)48-35-40-29-13-12-26(38)18-32(29)49-35/h6-8,10-13,17-18,24-25,28,30H,2-5,9,14-16,19-22H2,1H3,(H,41,45)/b10-6-/t24-,25-,28-,30+,37-/m1/s1. The van der Waals surface area contributed by atoms with E-state index in [1.165, 1.54) is 23.5 Å². The van der Waals surface area contributed by atoms with E-state index in [2.05, 4.69) is 25.6 Å². The van der Waals surface area contributed by atoms with Crippen LogP contribution in [-0.4, -0.2) is 59.3 Å². The highest BCUT2D eigenvalue weighted by Gasteiger charge is 2.62. The minimum atomic E-state index is -3.91. The van der Waals surface area contributed by atoms with E-state index in [1.807, 2.05) is 36.4 Å². The Hall–Kier alpha value is -3.16. The molecule has 1 saturated heterocycles. The molecule has 13 heteroatoms. The Labute approximate surface area is 304 Å². The summed E-state index contributed by atoms with van der Waals surface area (Å²) in [5, 5.41) is 0.434. The number of hydrogen-bond acceptors (Lipinski definition) is 8. The van der Waals surface area contributed by atoms with Crippen molar-refractivity contribution >= 4 is 65.1 Å². The first-order chi connectivity index (χ1) is 23.9. The molecular formula is C37H41BrFN3O6S2. The Morgan fingerprint density at radius 2 is 1.98 bits per heavy atom. The molecule has 3 fully saturated rings. The van der Waals surface area contributed by atoms with Gasteiger partial charge in [0.15, 0.2) is 5.78 Å². The first kappa shape index (κ1) is 35.3. The largest absolute Gasteiger partial charge is 0.465 e. The Kier molecular flexibility index (Phi) is 9.70. The van der Waals surface area contributed by atoms with Crippen molar-refractivity contribution in [1.82, 2.24) is 14.6 Å². The van der Waals surface area contributed by atoms with Gasteiger partial charge in [0.2, 0.25) is 21.8 Å². The molecule has 1 aromatic heterocycles. The van der Waals surface area contributed by atoms with E-state index >= 15 is 0 Å². The second-order valence-corrected chi connectivity index (χ2v) is 18.8. The van der Waals surface area contributed by atoms with Gasteiger partial charge in [0.05, 0.1) is 33.0 Å². The molecule has 3 aromatic rings. The molecule has 2 aromatic carbocycles. The molecule has 5 atom stereocenters. The van der Waals surface area contributed by atoms with Gasteiger partial charge in [-0.1, -0.05) is 64.4 Å². The molecule has 2 aliphatic heterocycles. The number of nitrogens with one attached hydrogen (secondary N) is 1. The van der Waals surface area contributed by atoms with E-state index in [1.54, 1.807) is 17.9 Å². The van der Waals surface area contributed by atoms with Crippen LogP contribution in [0.15, 0.2) is 59.1 Å². The Balaban J connectivity index is 1.19. The lowest BCUT2D eigenvalue weighted by Gasteiger charge is -2.29. The average Bonchev–Trinajstić information content (AvgIpc) is 3.88. The van der Waals surface area contributed by atoms with Crippen LogP contribution in [0.25, 0.3) is 10.2 Å². The van der Waals surface area contributed by atoms with Crippen molar-refractivity contribution in [3.63, 3.8) is 0 Å². The molecule has 9 nitrogen and oxygen atoms in total. The highest BCUT2D eigenvalue weighted by Crippen LogP contribution is 2.57. The molecule has 2 saturated carbocycles. The van der Waals surface area contributed by atoms with Crippen molar-refractivity contribution < 1.29 is 31.9 Å². The van der Waals surface area contributed by atoms with Crippen LogP contribution in [-0.2, 0) is 30.8 Å². The predicted molar refractivity (Wildman–Crippen MR) is 193 cm³/mol. The number of nitrogens with zero attached hydrogens (tertiary/aromatic N) is 2. The van der Waals surface area contributed by atoms with E-state index in [-0.39, 0.29) is 42.8 Å². The van der Waals surface area contributed by atoms with Gasteiger partial charge in [0, 0.05) is 23.2 Å². The van der Waals surface area contributed by atoms with Crippen LogP contribution < -0.4 is 9.46 Å². The van der Waals surface area contributed by atoms with E-state index in [0.29, 0.717) is 42.9 Å². The molecule has 0 unspecified atom stereocenters. The van der Waals surface area contributed by atoms with Gasteiger partial charge < -0.3 is 9.64 Å². The maximum absolute atomic E-state index is 14.5. The second-order valence-electron chi connectivity index (χ2n) is 14.7. The zero-order chi connectivity index (χ0) is 35.3. The monoisotopic (exact) mass is 785 g/mol. The van der Waals surface area contributed by atoms with Gasteiger partial charge in [-0.05, 0) is 93.7 Å². The van der Waals surface area contributed by atoms with Crippen LogP contribution in [0.4, 0.5) is 4.39 Å². The van der Waals surface area contributed by atoms with Crippen molar-refractivity contribution in [2.45, 2.75) is 94.4 Å². The molecule has 4 aliphatic rings. The van der Waals surface area contributed by atoms with E-state index < -0.39 is 44.2 Å². The molecule has 266 valence electrons. The van der Waals surface area contributed by atoms with Gasteiger partial charge in [-0.15, -0.1) is 0 Å². The zero-order valence-corrected chi connectivity index (χ0v) is 31.1. The molecule has 2 amide bonds. The summed E-state index contributed by atoms with van der Waals surface area (Å²) in [7, 11) is -3.91. The average molecular weight is 787 g/mol. The lowest BCUT2D eigenvalue weighted by atomic mass is 9.90. The van der Waals surface area contributed by atoms with E-state index in [4.69, 9.17) is 4.74 Å². The molecule has 3 heterocycles. The summed E-state index contributed by atoms with van der Waals surface area (Å²) in [6.07, 6.45) is 9.05. The fraction of sp³-hybridized carbons (Fsp3) is 0.514. The van der Waals surface area contributed by atoms with Gasteiger partial charge in [-0.3, -0.25) is 19.1 Å². The number of amides is 2. The number of benzene rings is 2. The Morgan fingerprint density at radius 3 is 2.76 bits per heavy atom. The van der Waals surface area contributed by atoms with Crippen molar-refractivity contribution in [2.75, 3.05) is 6.54 Å². The number of allylic oxidation sites excluding steroid dienone is 2. The third-order valence-electron chi connectivity index (χ3n) is 10.9. The minimum absolute atomic E-state index is 0.157. The number of ketones is 1. The highest BCUT2D eigenvalue weighted by molar-refractivity contribution is 9.10. The lowest BCUT2D eigenvalue weighted by Crippen LogP contribution is -2.47. The van der Waals surface area contributed by atoms with Gasteiger partial charge in [-0.25, -0.2) is 17.8 Å². The van der Waals surface area contributed by atoms with Crippen molar-refractivity contribution in [2.24, 2.45) is 17.3 Å². The van der Waals surface area contributed by atoms with Gasteiger partial charge in [-0.2, -0.15) is 0 Å². The molecule has 7 rings (SSSR count). The quantitative estimate of drug-likeness (QED) is 0.259. The Bertz CT molecular complexity index is 1960. The molecular weight excluding hydrogens is 745 g/mol. The molecule has 0 spiro atoms. The fourth-order valence-electron chi connectivity index (χ4n) is 7.44. The first-order valence-corrected chi connectivity index (χ1v) is 20.5. The summed E-state index contributed by atoms with van der Waals surface area (Å²) in [6.45, 7) is 1.78. The number of carbonyl (C=O) groups excluding carboxylic acids is 3. The summed E-state index contributed by atoms with van der Waals surface area (Å²) >= 11 is 4.87. The zero-order valence-electron chi connectivity index (χ0n) is 27.9. The highest BCUT2D eigenvalue weighted by atomic mass is 79.9. The number of fused-ring (bicyclic) bond motifs is 3.